The zero-order valence-corrected chi connectivity index (χ0v) is 13.1. The molecule has 0 saturated carbocycles. The van der Waals surface area contributed by atoms with Gasteiger partial charge in [0.15, 0.2) is 0 Å². The van der Waals surface area contributed by atoms with Gasteiger partial charge < -0.3 is 0 Å². The van der Waals surface area contributed by atoms with Crippen molar-refractivity contribution in [3.8, 4) is 0 Å². The van der Waals surface area contributed by atoms with E-state index in [-0.39, 0.29) is 5.38 Å². The summed E-state index contributed by atoms with van der Waals surface area (Å²) in [5.74, 6) is 0. The number of benzene rings is 1. The summed E-state index contributed by atoms with van der Waals surface area (Å²) in [6.07, 6.45) is 3.97. The van der Waals surface area contributed by atoms with Gasteiger partial charge >= 0.3 is 0 Å². The third-order valence-electron chi connectivity index (χ3n) is 2.56. The van der Waals surface area contributed by atoms with Crippen LogP contribution in [0.1, 0.15) is 16.5 Å². The number of rotatable bonds is 3. The summed E-state index contributed by atoms with van der Waals surface area (Å²) in [7, 11) is 0. The Morgan fingerprint density at radius 2 is 1.94 bits per heavy atom. The molecule has 1 unspecified atom stereocenters. The van der Waals surface area contributed by atoms with E-state index in [9.17, 15) is 0 Å². The van der Waals surface area contributed by atoms with E-state index in [1.54, 1.807) is 12.4 Å². The van der Waals surface area contributed by atoms with E-state index >= 15 is 0 Å². The lowest BCUT2D eigenvalue weighted by atomic mass is 10.0. The Balaban J connectivity index is 2.19. The van der Waals surface area contributed by atoms with E-state index in [0.29, 0.717) is 16.5 Å². The maximum absolute atomic E-state index is 6.38. The van der Waals surface area contributed by atoms with E-state index in [4.69, 9.17) is 34.8 Å². The van der Waals surface area contributed by atoms with Gasteiger partial charge in [0.25, 0.3) is 0 Å². The van der Waals surface area contributed by atoms with Crippen LogP contribution in [0, 0.1) is 0 Å². The largest absolute Gasteiger partial charge is 0.263 e. The van der Waals surface area contributed by atoms with E-state index < -0.39 is 0 Å². The van der Waals surface area contributed by atoms with Gasteiger partial charge in [-0.05, 0) is 51.7 Å². The molecule has 0 aliphatic rings. The highest BCUT2D eigenvalue weighted by Crippen LogP contribution is 2.32. The third-order valence-corrected chi connectivity index (χ3v) is 4.54. The SMILES string of the molecule is Clc1cc(C(Cl)Cc2ccncc2Cl)ccc1Br. The molecular formula is C13H9BrCl3N. The molecule has 5 heteroatoms. The Morgan fingerprint density at radius 3 is 2.61 bits per heavy atom. The number of aromatic nitrogens is 1. The smallest absolute Gasteiger partial charge is 0.0626 e. The monoisotopic (exact) mass is 363 g/mol. The molecule has 1 aromatic heterocycles. The molecule has 0 bridgehead atoms. The molecule has 2 rings (SSSR count). The summed E-state index contributed by atoms with van der Waals surface area (Å²) < 4.78 is 0.860. The van der Waals surface area contributed by atoms with Gasteiger partial charge in [-0.2, -0.15) is 0 Å². The molecule has 0 radical (unpaired) electrons. The minimum atomic E-state index is -0.171. The van der Waals surface area contributed by atoms with Crippen molar-refractivity contribution in [3.63, 3.8) is 0 Å². The number of halogens is 4. The normalized spacial score (nSPS) is 12.4. The minimum Gasteiger partial charge on any atom is -0.263 e. The summed E-state index contributed by atoms with van der Waals surface area (Å²) in [6.45, 7) is 0. The molecule has 0 amide bonds. The fourth-order valence-electron chi connectivity index (χ4n) is 1.59. The van der Waals surface area contributed by atoms with E-state index in [1.807, 2.05) is 24.3 Å². The lowest BCUT2D eigenvalue weighted by Crippen LogP contribution is -1.97. The standard InChI is InChI=1S/C13H9BrCl3N/c14-10-2-1-8(6-12(10)16)11(15)5-9-3-4-18-7-13(9)17/h1-4,6-7,11H,5H2. The van der Waals surface area contributed by atoms with E-state index in [1.165, 1.54) is 0 Å². The number of alkyl halides is 1. The van der Waals surface area contributed by atoms with Crippen molar-refractivity contribution in [1.29, 1.82) is 0 Å². The van der Waals surface area contributed by atoms with Gasteiger partial charge in [-0.3, -0.25) is 4.98 Å². The quantitative estimate of drug-likeness (QED) is 0.638. The predicted octanol–water partition coefficient (Wildman–Crippen LogP) is 5.67. The first-order valence-electron chi connectivity index (χ1n) is 5.25. The number of hydrogen-bond donors (Lipinski definition) is 0. The first-order valence-corrected chi connectivity index (χ1v) is 7.24. The molecule has 1 nitrogen and oxygen atoms in total. The van der Waals surface area contributed by atoms with Crippen molar-refractivity contribution in [2.75, 3.05) is 0 Å². The first kappa shape index (κ1) is 14.1. The minimum absolute atomic E-state index is 0.171. The van der Waals surface area contributed by atoms with E-state index in [2.05, 4.69) is 20.9 Å². The highest BCUT2D eigenvalue weighted by molar-refractivity contribution is 9.10. The van der Waals surface area contributed by atoms with Crippen molar-refractivity contribution in [3.05, 3.63) is 62.3 Å². The van der Waals surface area contributed by atoms with Gasteiger partial charge in [-0.1, -0.05) is 29.3 Å². The van der Waals surface area contributed by atoms with Gasteiger partial charge in [0.05, 0.1) is 15.4 Å². The van der Waals surface area contributed by atoms with Crippen LogP contribution in [0.4, 0.5) is 0 Å². The fourth-order valence-corrected chi connectivity index (χ4v) is 2.52. The Hall–Kier alpha value is -0.280. The van der Waals surface area contributed by atoms with Gasteiger partial charge in [-0.25, -0.2) is 0 Å². The maximum atomic E-state index is 6.38. The van der Waals surface area contributed by atoms with Crippen LogP contribution in [0.3, 0.4) is 0 Å². The van der Waals surface area contributed by atoms with Crippen LogP contribution in [-0.4, -0.2) is 4.98 Å². The second kappa shape index (κ2) is 6.25. The van der Waals surface area contributed by atoms with Crippen LogP contribution in [0.2, 0.25) is 10.0 Å². The summed E-state index contributed by atoms with van der Waals surface area (Å²) in [6, 6.07) is 7.57. The first-order chi connectivity index (χ1) is 8.58. The van der Waals surface area contributed by atoms with Crippen molar-refractivity contribution in [2.24, 2.45) is 0 Å². The number of pyridine rings is 1. The van der Waals surface area contributed by atoms with Gasteiger partial charge in [0.1, 0.15) is 0 Å². The molecular weight excluding hydrogens is 356 g/mol. The molecule has 0 spiro atoms. The second-order valence-electron chi connectivity index (χ2n) is 3.81. The molecule has 0 aliphatic heterocycles. The van der Waals surface area contributed by atoms with Gasteiger partial charge in [0.2, 0.25) is 0 Å². The lowest BCUT2D eigenvalue weighted by Gasteiger charge is -2.11. The van der Waals surface area contributed by atoms with Crippen molar-refractivity contribution < 1.29 is 0 Å². The lowest BCUT2D eigenvalue weighted by molar-refractivity contribution is 0.916. The molecule has 94 valence electrons. The Bertz CT molecular complexity index is 560. The molecule has 1 aromatic carbocycles. The zero-order valence-electron chi connectivity index (χ0n) is 9.21. The molecule has 1 heterocycles. The van der Waals surface area contributed by atoms with Crippen LogP contribution in [0.25, 0.3) is 0 Å². The molecule has 0 N–H and O–H groups in total. The summed E-state index contributed by atoms with van der Waals surface area (Å²) in [4.78, 5) is 3.95. The molecule has 0 saturated heterocycles. The molecule has 1 atom stereocenters. The Morgan fingerprint density at radius 1 is 1.17 bits per heavy atom. The molecule has 0 fully saturated rings. The number of hydrogen-bond acceptors (Lipinski definition) is 1. The topological polar surface area (TPSA) is 12.9 Å². The molecule has 18 heavy (non-hydrogen) atoms. The third kappa shape index (κ3) is 3.39. The average molecular weight is 365 g/mol. The summed E-state index contributed by atoms with van der Waals surface area (Å²) in [5, 5.41) is 1.11. The molecule has 0 aliphatic carbocycles. The average Bonchev–Trinajstić information content (AvgIpc) is 2.35. The summed E-state index contributed by atoms with van der Waals surface area (Å²) in [5.41, 5.74) is 1.95. The van der Waals surface area contributed by atoms with Crippen LogP contribution in [-0.2, 0) is 6.42 Å². The fraction of sp³-hybridized carbons (Fsp3) is 0.154. The predicted molar refractivity (Wildman–Crippen MR) is 80.7 cm³/mol. The van der Waals surface area contributed by atoms with Crippen LogP contribution < -0.4 is 0 Å². The Labute approximate surface area is 129 Å². The van der Waals surface area contributed by atoms with Crippen molar-refractivity contribution in [1.82, 2.24) is 4.98 Å². The molecule has 2 aromatic rings. The Kier molecular flexibility index (Phi) is 4.91. The van der Waals surface area contributed by atoms with Gasteiger partial charge in [-0.15, -0.1) is 11.6 Å². The number of nitrogens with zero attached hydrogens (tertiary/aromatic N) is 1. The van der Waals surface area contributed by atoms with Crippen molar-refractivity contribution in [2.45, 2.75) is 11.8 Å². The van der Waals surface area contributed by atoms with Crippen LogP contribution in [0.5, 0.6) is 0 Å². The zero-order chi connectivity index (χ0) is 13.1. The highest BCUT2D eigenvalue weighted by Gasteiger charge is 2.12. The van der Waals surface area contributed by atoms with E-state index in [0.717, 1.165) is 15.6 Å². The maximum Gasteiger partial charge on any atom is 0.0626 e. The second-order valence-corrected chi connectivity index (χ2v) is 6.01. The van der Waals surface area contributed by atoms with Crippen LogP contribution >= 0.6 is 50.7 Å². The highest BCUT2D eigenvalue weighted by atomic mass is 79.9. The van der Waals surface area contributed by atoms with Gasteiger partial charge in [0, 0.05) is 16.9 Å². The van der Waals surface area contributed by atoms with Crippen LogP contribution in [0.15, 0.2) is 41.1 Å². The summed E-state index contributed by atoms with van der Waals surface area (Å²) >= 11 is 21.8. The van der Waals surface area contributed by atoms with Crippen molar-refractivity contribution >= 4 is 50.7 Å².